The Labute approximate surface area is 170 Å². The monoisotopic (exact) mass is 386 g/mol. The summed E-state index contributed by atoms with van der Waals surface area (Å²) in [4.78, 5) is 0. The van der Waals surface area contributed by atoms with Gasteiger partial charge in [0.1, 0.15) is 0 Å². The van der Waals surface area contributed by atoms with Gasteiger partial charge in [0, 0.05) is 0 Å². The van der Waals surface area contributed by atoms with Gasteiger partial charge in [0.25, 0.3) is 0 Å². The molecule has 0 unspecified atom stereocenters. The lowest BCUT2D eigenvalue weighted by molar-refractivity contribution is 0.459. The topological polar surface area (TPSA) is 0 Å². The molecule has 0 atom stereocenters. The molecule has 28 heavy (non-hydrogen) atoms. The highest BCUT2D eigenvalue weighted by Gasteiger charge is 2.26. The van der Waals surface area contributed by atoms with Crippen LogP contribution in [-0.4, -0.2) is 5.80 Å². The molecule has 3 aromatic carbocycles. The van der Waals surface area contributed by atoms with Gasteiger partial charge < -0.3 is 0 Å². The van der Waals surface area contributed by atoms with E-state index in [0.717, 1.165) is 0 Å². The highest BCUT2D eigenvalue weighted by atomic mass is 31.2. The Balaban J connectivity index is 1.96. The van der Waals surface area contributed by atoms with Crippen LogP contribution in [0.25, 0.3) is 0 Å². The summed E-state index contributed by atoms with van der Waals surface area (Å²) in [5.74, 6) is 3.51. The Morgan fingerprint density at radius 3 is 1.25 bits per heavy atom. The molecule has 1 fully saturated rings. The van der Waals surface area contributed by atoms with Crippen molar-refractivity contribution in [3.05, 3.63) is 91.0 Å². The van der Waals surface area contributed by atoms with Crippen molar-refractivity contribution < 1.29 is 0 Å². The van der Waals surface area contributed by atoms with Crippen molar-refractivity contribution in [1.82, 2.24) is 0 Å². The van der Waals surface area contributed by atoms with E-state index >= 15 is 0 Å². The summed E-state index contributed by atoms with van der Waals surface area (Å²) >= 11 is 0. The summed E-state index contributed by atoms with van der Waals surface area (Å²) in [5.41, 5.74) is 0. The Morgan fingerprint density at radius 2 is 0.857 bits per heavy atom. The maximum absolute atomic E-state index is 2.80. The molecule has 0 nitrogen and oxygen atoms in total. The minimum Gasteiger partial charge on any atom is -0.0711 e. The van der Waals surface area contributed by atoms with Crippen LogP contribution in [0.5, 0.6) is 0 Å². The van der Waals surface area contributed by atoms with Crippen molar-refractivity contribution >= 4 is 28.6 Å². The first-order chi connectivity index (χ1) is 13.9. The van der Waals surface area contributed by atoms with E-state index in [9.17, 15) is 0 Å². The SMILES string of the molecule is C(C1CCCCCCC1)=P(c1ccccc1)(c1ccccc1)c1ccccc1. The van der Waals surface area contributed by atoms with Crippen LogP contribution < -0.4 is 15.9 Å². The first-order valence-electron chi connectivity index (χ1n) is 10.8. The van der Waals surface area contributed by atoms with Gasteiger partial charge in [0.2, 0.25) is 0 Å². The third-order valence-electron chi connectivity index (χ3n) is 6.07. The lowest BCUT2D eigenvalue weighted by atomic mass is 9.93. The van der Waals surface area contributed by atoms with Crippen molar-refractivity contribution in [1.29, 1.82) is 0 Å². The van der Waals surface area contributed by atoms with Crippen LogP contribution in [0.4, 0.5) is 0 Å². The fraction of sp³-hybridized carbons (Fsp3) is 0.296. The summed E-state index contributed by atoms with van der Waals surface area (Å²) in [6.07, 6.45) is 9.65. The first kappa shape index (κ1) is 19.3. The standard InChI is InChI=1S/C27H31P/c1-2-7-15-24(16-8-3-1)23-28(25-17-9-4-10-18-25,26-19-11-5-12-20-26)27-21-13-6-14-22-27/h4-6,9-14,17-24H,1-3,7-8,15-16H2. The Hall–Kier alpha value is -2.04. The number of hydrogen-bond acceptors (Lipinski definition) is 0. The molecule has 144 valence electrons. The maximum Gasteiger partial charge on any atom is -0.0163 e. The van der Waals surface area contributed by atoms with Crippen molar-refractivity contribution in [2.24, 2.45) is 5.92 Å². The first-order valence-corrected chi connectivity index (χ1v) is 12.7. The predicted octanol–water partition coefficient (Wildman–Crippen LogP) is 6.14. The van der Waals surface area contributed by atoms with Crippen LogP contribution in [0.3, 0.4) is 0 Å². The normalized spacial score (nSPS) is 16.1. The Bertz CT molecular complexity index is 785. The molecule has 0 aromatic heterocycles. The quantitative estimate of drug-likeness (QED) is 0.472. The van der Waals surface area contributed by atoms with Gasteiger partial charge >= 0.3 is 0 Å². The zero-order chi connectivity index (χ0) is 19.1. The van der Waals surface area contributed by atoms with E-state index in [1.807, 2.05) is 0 Å². The van der Waals surface area contributed by atoms with Crippen LogP contribution in [0.2, 0.25) is 0 Å². The third kappa shape index (κ3) is 4.18. The van der Waals surface area contributed by atoms with Crippen LogP contribution in [0.1, 0.15) is 44.9 Å². The smallest absolute Gasteiger partial charge is 0.0163 e. The van der Waals surface area contributed by atoms with Gasteiger partial charge in [-0.15, -0.1) is 0 Å². The van der Waals surface area contributed by atoms with E-state index in [0.29, 0.717) is 5.92 Å². The maximum atomic E-state index is 2.80. The van der Waals surface area contributed by atoms with Gasteiger partial charge in [-0.3, -0.25) is 0 Å². The summed E-state index contributed by atoms with van der Waals surface area (Å²) in [5, 5.41) is 4.44. The molecule has 4 rings (SSSR count). The van der Waals surface area contributed by atoms with Crippen molar-refractivity contribution in [3.63, 3.8) is 0 Å². The highest BCUT2D eigenvalue weighted by Crippen LogP contribution is 2.45. The summed E-state index contributed by atoms with van der Waals surface area (Å²) in [6, 6.07) is 33.8. The van der Waals surface area contributed by atoms with Crippen molar-refractivity contribution in [3.8, 4) is 0 Å². The minimum absolute atomic E-state index is 0.703. The largest absolute Gasteiger partial charge is 0.0711 e. The van der Waals surface area contributed by atoms with Gasteiger partial charge in [-0.2, -0.15) is 0 Å². The van der Waals surface area contributed by atoms with E-state index in [1.54, 1.807) is 0 Å². The van der Waals surface area contributed by atoms with E-state index in [1.165, 1.54) is 60.9 Å². The molecular formula is C27H31P. The number of rotatable bonds is 4. The lowest BCUT2D eigenvalue weighted by Crippen LogP contribution is -2.28. The lowest BCUT2D eigenvalue weighted by Gasteiger charge is -2.31. The zero-order valence-electron chi connectivity index (χ0n) is 16.7. The predicted molar refractivity (Wildman–Crippen MR) is 127 cm³/mol. The molecule has 0 bridgehead atoms. The Morgan fingerprint density at radius 1 is 0.500 bits per heavy atom. The molecule has 1 aliphatic carbocycles. The second-order valence-corrected chi connectivity index (χ2v) is 11.3. The van der Waals surface area contributed by atoms with Gasteiger partial charge in [-0.05, 0) is 41.6 Å². The van der Waals surface area contributed by atoms with E-state index < -0.39 is 6.89 Å². The summed E-state index contributed by atoms with van der Waals surface area (Å²) < 4.78 is 0. The fourth-order valence-corrected chi connectivity index (χ4v) is 8.92. The molecule has 0 saturated heterocycles. The second kappa shape index (κ2) is 9.44. The van der Waals surface area contributed by atoms with Gasteiger partial charge in [0.05, 0.1) is 0 Å². The molecule has 0 N–H and O–H groups in total. The molecule has 1 saturated carbocycles. The van der Waals surface area contributed by atoms with Crippen LogP contribution in [-0.2, 0) is 0 Å². The van der Waals surface area contributed by atoms with Crippen molar-refractivity contribution in [2.45, 2.75) is 44.9 Å². The van der Waals surface area contributed by atoms with E-state index in [2.05, 4.69) is 96.8 Å². The second-order valence-electron chi connectivity index (χ2n) is 7.98. The fourth-order valence-electron chi connectivity index (χ4n) is 4.65. The third-order valence-corrected chi connectivity index (χ3v) is 10.3. The summed E-state index contributed by atoms with van der Waals surface area (Å²) in [6.45, 7) is -1.78. The molecule has 0 aliphatic heterocycles. The average molecular weight is 387 g/mol. The molecule has 0 heterocycles. The summed E-state index contributed by atoms with van der Waals surface area (Å²) in [7, 11) is 0. The van der Waals surface area contributed by atoms with Crippen LogP contribution >= 0.6 is 6.89 Å². The molecule has 1 aliphatic rings. The van der Waals surface area contributed by atoms with E-state index in [4.69, 9.17) is 0 Å². The highest BCUT2D eigenvalue weighted by molar-refractivity contribution is 7.94. The van der Waals surface area contributed by atoms with Gasteiger partial charge in [0.15, 0.2) is 0 Å². The molecular weight excluding hydrogens is 355 g/mol. The van der Waals surface area contributed by atoms with Crippen LogP contribution in [0.15, 0.2) is 91.0 Å². The average Bonchev–Trinajstić information content (AvgIpc) is 2.75. The number of benzene rings is 3. The molecule has 0 radical (unpaired) electrons. The van der Waals surface area contributed by atoms with Gasteiger partial charge in [-0.1, -0.05) is 129 Å². The zero-order valence-corrected chi connectivity index (χ0v) is 17.6. The van der Waals surface area contributed by atoms with Crippen LogP contribution in [0, 0.1) is 5.92 Å². The molecule has 1 heteroatoms. The minimum atomic E-state index is -1.78. The molecule has 0 amide bonds. The molecule has 3 aromatic rings. The molecule has 0 spiro atoms. The number of hydrogen-bond donors (Lipinski definition) is 0. The van der Waals surface area contributed by atoms with Gasteiger partial charge in [-0.25, -0.2) is 0 Å². The van der Waals surface area contributed by atoms with Crippen molar-refractivity contribution in [2.75, 3.05) is 0 Å². The van der Waals surface area contributed by atoms with E-state index in [-0.39, 0.29) is 0 Å². The Kier molecular flexibility index (Phi) is 6.50.